The first kappa shape index (κ1) is 19.5. The number of rotatable bonds is 5. The first-order valence-electron chi connectivity index (χ1n) is 10.6. The van der Waals surface area contributed by atoms with E-state index in [0.29, 0.717) is 28.1 Å². The summed E-state index contributed by atoms with van der Waals surface area (Å²) in [6, 6.07) is 22.2. The van der Waals surface area contributed by atoms with Gasteiger partial charge in [0, 0.05) is 31.2 Å². The lowest BCUT2D eigenvalue weighted by atomic mass is 10.0. The lowest BCUT2D eigenvalue weighted by Gasteiger charge is -2.17. The predicted octanol–water partition coefficient (Wildman–Crippen LogP) is 4.20. The third-order valence-corrected chi connectivity index (χ3v) is 5.79. The number of nitrogens with one attached hydrogen (secondary N) is 1. The molecule has 2 aromatic heterocycles. The van der Waals surface area contributed by atoms with Crippen LogP contribution in [0.1, 0.15) is 28.0 Å². The second-order valence-electron chi connectivity index (χ2n) is 8.05. The summed E-state index contributed by atoms with van der Waals surface area (Å²) in [5.41, 5.74) is 4.54. The van der Waals surface area contributed by atoms with Crippen molar-refractivity contribution in [1.29, 1.82) is 0 Å². The van der Waals surface area contributed by atoms with Gasteiger partial charge in [-0.05, 0) is 25.0 Å². The van der Waals surface area contributed by atoms with Crippen molar-refractivity contribution < 1.29 is 9.32 Å². The summed E-state index contributed by atoms with van der Waals surface area (Å²) in [5, 5.41) is 7.94. The Morgan fingerprint density at radius 2 is 1.87 bits per heavy atom. The third-order valence-electron chi connectivity index (χ3n) is 5.79. The molecule has 1 aliphatic rings. The molecular weight excluding hydrogens is 388 g/mol. The summed E-state index contributed by atoms with van der Waals surface area (Å²) < 4.78 is 5.41. The maximum absolute atomic E-state index is 13.3. The topological polar surface area (TPSA) is 71.3 Å². The molecule has 0 bridgehead atoms. The SMILES string of the molecule is Cc1noc2nc(-c3ccccc3)cc(C(=O)NC3CCN(Cc4ccccc4)C3)c12. The maximum Gasteiger partial charge on any atom is 0.259 e. The molecule has 1 amide bonds. The van der Waals surface area contributed by atoms with Gasteiger partial charge in [-0.25, -0.2) is 4.98 Å². The third kappa shape index (κ3) is 4.07. The van der Waals surface area contributed by atoms with E-state index in [2.05, 4.69) is 44.6 Å². The van der Waals surface area contributed by atoms with Crippen LogP contribution in [-0.2, 0) is 6.54 Å². The van der Waals surface area contributed by atoms with Crippen molar-refractivity contribution in [2.24, 2.45) is 0 Å². The van der Waals surface area contributed by atoms with Crippen LogP contribution in [0.15, 0.2) is 71.3 Å². The van der Waals surface area contributed by atoms with Gasteiger partial charge < -0.3 is 9.84 Å². The van der Waals surface area contributed by atoms with Crippen LogP contribution in [0.25, 0.3) is 22.4 Å². The summed E-state index contributed by atoms with van der Waals surface area (Å²) >= 11 is 0. The van der Waals surface area contributed by atoms with Crippen molar-refractivity contribution >= 4 is 17.0 Å². The highest BCUT2D eigenvalue weighted by molar-refractivity contribution is 6.07. The highest BCUT2D eigenvalue weighted by atomic mass is 16.5. The van der Waals surface area contributed by atoms with E-state index in [-0.39, 0.29) is 11.9 Å². The molecule has 1 N–H and O–H groups in total. The van der Waals surface area contributed by atoms with Gasteiger partial charge >= 0.3 is 0 Å². The van der Waals surface area contributed by atoms with Crippen LogP contribution in [-0.4, -0.2) is 40.1 Å². The van der Waals surface area contributed by atoms with Crippen LogP contribution in [0.2, 0.25) is 0 Å². The van der Waals surface area contributed by atoms with Crippen molar-refractivity contribution in [2.75, 3.05) is 13.1 Å². The first-order chi connectivity index (χ1) is 15.2. The van der Waals surface area contributed by atoms with Gasteiger partial charge in [0.25, 0.3) is 11.6 Å². The number of aryl methyl sites for hydroxylation is 1. The van der Waals surface area contributed by atoms with Crippen molar-refractivity contribution in [1.82, 2.24) is 20.4 Å². The number of likely N-dealkylation sites (tertiary alicyclic amines) is 1. The number of aromatic nitrogens is 2. The summed E-state index contributed by atoms with van der Waals surface area (Å²) in [6.07, 6.45) is 0.932. The zero-order chi connectivity index (χ0) is 21.2. The minimum absolute atomic E-state index is 0.109. The fourth-order valence-corrected chi connectivity index (χ4v) is 4.23. The van der Waals surface area contributed by atoms with E-state index in [1.807, 2.05) is 49.4 Å². The Morgan fingerprint density at radius 1 is 1.13 bits per heavy atom. The Morgan fingerprint density at radius 3 is 2.65 bits per heavy atom. The monoisotopic (exact) mass is 412 g/mol. The van der Waals surface area contributed by atoms with Crippen molar-refractivity contribution in [3.8, 4) is 11.3 Å². The van der Waals surface area contributed by atoms with E-state index >= 15 is 0 Å². The molecule has 2 aromatic carbocycles. The van der Waals surface area contributed by atoms with E-state index in [1.165, 1.54) is 5.56 Å². The number of fused-ring (bicyclic) bond motifs is 1. The fraction of sp³-hybridized carbons (Fsp3) is 0.240. The van der Waals surface area contributed by atoms with Crippen LogP contribution in [0, 0.1) is 6.92 Å². The molecule has 1 unspecified atom stereocenters. The average Bonchev–Trinajstić information content (AvgIpc) is 3.40. The fourth-order valence-electron chi connectivity index (χ4n) is 4.23. The molecule has 3 heterocycles. The van der Waals surface area contributed by atoms with Crippen molar-refractivity contribution in [2.45, 2.75) is 25.9 Å². The second-order valence-corrected chi connectivity index (χ2v) is 8.05. The standard InChI is InChI=1S/C25H24N4O2/c1-17-23-21(14-22(27-25(23)31-28-17)19-10-6-3-7-11-19)24(30)26-20-12-13-29(16-20)15-18-8-4-2-5-9-18/h2-11,14,20H,12-13,15-16H2,1H3,(H,26,30). The number of nitrogens with zero attached hydrogens (tertiary/aromatic N) is 3. The molecule has 4 aromatic rings. The van der Waals surface area contributed by atoms with Gasteiger partial charge in [-0.15, -0.1) is 0 Å². The Balaban J connectivity index is 1.36. The number of pyridine rings is 1. The smallest absolute Gasteiger partial charge is 0.259 e. The van der Waals surface area contributed by atoms with Crippen LogP contribution in [0.3, 0.4) is 0 Å². The zero-order valence-corrected chi connectivity index (χ0v) is 17.4. The average molecular weight is 412 g/mol. The highest BCUT2D eigenvalue weighted by Gasteiger charge is 2.26. The Hall–Kier alpha value is -3.51. The van der Waals surface area contributed by atoms with E-state index in [0.717, 1.165) is 31.6 Å². The minimum Gasteiger partial charge on any atom is -0.348 e. The molecule has 0 radical (unpaired) electrons. The summed E-state index contributed by atoms with van der Waals surface area (Å²) in [7, 11) is 0. The van der Waals surface area contributed by atoms with Gasteiger partial charge in [0.1, 0.15) is 0 Å². The van der Waals surface area contributed by atoms with E-state index in [4.69, 9.17) is 4.52 Å². The molecule has 6 heteroatoms. The Labute approximate surface area is 180 Å². The number of carbonyl (C=O) groups is 1. The lowest BCUT2D eigenvalue weighted by molar-refractivity contribution is 0.0939. The molecule has 6 nitrogen and oxygen atoms in total. The van der Waals surface area contributed by atoms with Crippen molar-refractivity contribution in [3.05, 3.63) is 83.6 Å². The predicted molar refractivity (Wildman–Crippen MR) is 120 cm³/mol. The maximum atomic E-state index is 13.3. The number of carbonyl (C=O) groups excluding carboxylic acids is 1. The quantitative estimate of drug-likeness (QED) is 0.532. The Kier molecular flexibility index (Phi) is 5.22. The van der Waals surface area contributed by atoms with Gasteiger partial charge in [-0.3, -0.25) is 9.69 Å². The van der Waals surface area contributed by atoms with Crippen LogP contribution >= 0.6 is 0 Å². The highest BCUT2D eigenvalue weighted by Crippen LogP contribution is 2.27. The number of benzene rings is 2. The number of amides is 1. The molecule has 31 heavy (non-hydrogen) atoms. The first-order valence-corrected chi connectivity index (χ1v) is 10.6. The van der Waals surface area contributed by atoms with Gasteiger partial charge in [-0.1, -0.05) is 65.8 Å². The molecular formula is C25H24N4O2. The molecule has 0 aliphatic carbocycles. The van der Waals surface area contributed by atoms with Crippen LogP contribution in [0.5, 0.6) is 0 Å². The van der Waals surface area contributed by atoms with Crippen molar-refractivity contribution in [3.63, 3.8) is 0 Å². The molecule has 1 fully saturated rings. The van der Waals surface area contributed by atoms with Crippen LogP contribution < -0.4 is 5.32 Å². The number of hydrogen-bond donors (Lipinski definition) is 1. The molecule has 1 saturated heterocycles. The molecule has 156 valence electrons. The van der Waals surface area contributed by atoms with E-state index < -0.39 is 0 Å². The summed E-state index contributed by atoms with van der Waals surface area (Å²) in [5.74, 6) is -0.109. The zero-order valence-electron chi connectivity index (χ0n) is 17.4. The normalized spacial score (nSPS) is 16.6. The lowest BCUT2D eigenvalue weighted by Crippen LogP contribution is -2.37. The van der Waals surface area contributed by atoms with E-state index in [9.17, 15) is 4.79 Å². The Bertz CT molecular complexity index is 1200. The summed E-state index contributed by atoms with van der Waals surface area (Å²) in [4.78, 5) is 20.2. The van der Waals surface area contributed by atoms with E-state index in [1.54, 1.807) is 0 Å². The second kappa shape index (κ2) is 8.32. The molecule has 0 saturated carbocycles. The largest absolute Gasteiger partial charge is 0.348 e. The van der Waals surface area contributed by atoms with Crippen LogP contribution in [0.4, 0.5) is 0 Å². The number of hydrogen-bond acceptors (Lipinski definition) is 5. The van der Waals surface area contributed by atoms with Gasteiger partial charge in [0.05, 0.1) is 22.3 Å². The van der Waals surface area contributed by atoms with Gasteiger partial charge in [0.15, 0.2) is 0 Å². The molecule has 0 spiro atoms. The minimum atomic E-state index is -0.109. The molecule has 1 atom stereocenters. The van der Waals surface area contributed by atoms with Gasteiger partial charge in [0.2, 0.25) is 0 Å². The van der Waals surface area contributed by atoms with Gasteiger partial charge in [-0.2, -0.15) is 0 Å². The molecule has 5 rings (SSSR count). The summed E-state index contributed by atoms with van der Waals surface area (Å²) in [6.45, 7) is 4.54. The molecule has 1 aliphatic heterocycles.